The smallest absolute Gasteiger partial charge is 0.183 e. The zero-order valence-corrected chi connectivity index (χ0v) is 14.7. The fourth-order valence-electron chi connectivity index (χ4n) is 2.79. The van der Waals surface area contributed by atoms with E-state index in [1.165, 1.54) is 0 Å². The molecule has 0 amide bonds. The second-order valence-corrected chi connectivity index (χ2v) is 10.4. The normalized spacial score (nSPS) is 24.7. The third-order valence-corrected chi connectivity index (χ3v) is 8.07. The number of aryl methyl sites for hydroxylation is 1. The first-order valence-electron chi connectivity index (χ1n) is 7.45. The van der Waals surface area contributed by atoms with Crippen LogP contribution in [-0.4, -0.2) is 45.7 Å². The van der Waals surface area contributed by atoms with Crippen LogP contribution in [0.15, 0.2) is 29.2 Å². The molecule has 1 aromatic rings. The van der Waals surface area contributed by atoms with E-state index in [1.54, 1.807) is 24.3 Å². The maximum absolute atomic E-state index is 12.8. The SMILES string of the molecule is CCc1ccc(S(=O)(=O)C2CS(=O)(=O)CC2NC(C)C)cc1. The third-order valence-electron chi connectivity index (χ3n) is 3.91. The second kappa shape index (κ2) is 6.29. The quantitative estimate of drug-likeness (QED) is 0.867. The van der Waals surface area contributed by atoms with Crippen molar-refractivity contribution in [2.45, 2.75) is 49.4 Å². The molecule has 0 spiro atoms. The molecule has 22 heavy (non-hydrogen) atoms. The van der Waals surface area contributed by atoms with Gasteiger partial charge in [-0.1, -0.05) is 32.9 Å². The lowest BCUT2D eigenvalue weighted by Crippen LogP contribution is -2.46. The molecule has 1 N–H and O–H groups in total. The zero-order valence-electron chi connectivity index (χ0n) is 13.1. The molecule has 0 aromatic heterocycles. The summed E-state index contributed by atoms with van der Waals surface area (Å²) in [5.74, 6) is -0.433. The molecular weight excluding hydrogens is 322 g/mol. The Kier molecular flexibility index (Phi) is 4.99. The first-order chi connectivity index (χ1) is 10.2. The molecule has 2 unspecified atom stereocenters. The van der Waals surface area contributed by atoms with Gasteiger partial charge in [-0.3, -0.25) is 0 Å². The average molecular weight is 345 g/mol. The molecule has 1 saturated heterocycles. The minimum Gasteiger partial charge on any atom is -0.309 e. The number of rotatable bonds is 5. The molecule has 0 aliphatic carbocycles. The van der Waals surface area contributed by atoms with E-state index in [9.17, 15) is 16.8 Å². The number of hydrogen-bond donors (Lipinski definition) is 1. The van der Waals surface area contributed by atoms with Crippen molar-refractivity contribution in [2.24, 2.45) is 0 Å². The standard InChI is InChI=1S/C15H23NO4S2/c1-4-12-5-7-13(8-6-12)22(19,20)15-10-21(17,18)9-14(15)16-11(2)3/h5-8,11,14-16H,4,9-10H2,1-3H3. The Hall–Kier alpha value is -0.920. The molecule has 2 atom stereocenters. The molecule has 124 valence electrons. The van der Waals surface area contributed by atoms with Crippen LogP contribution < -0.4 is 5.32 Å². The predicted octanol–water partition coefficient (Wildman–Crippen LogP) is 1.19. The number of nitrogens with one attached hydrogen (secondary N) is 1. The largest absolute Gasteiger partial charge is 0.309 e. The van der Waals surface area contributed by atoms with E-state index < -0.39 is 31.0 Å². The van der Waals surface area contributed by atoms with Crippen molar-refractivity contribution in [3.8, 4) is 0 Å². The van der Waals surface area contributed by atoms with Crippen LogP contribution >= 0.6 is 0 Å². The molecule has 1 aliphatic rings. The minimum absolute atomic E-state index is 0.0264. The fourth-order valence-corrected chi connectivity index (χ4v) is 7.47. The number of hydrogen-bond acceptors (Lipinski definition) is 5. The second-order valence-electron chi connectivity index (χ2n) is 6.09. The molecule has 1 fully saturated rings. The fraction of sp³-hybridized carbons (Fsp3) is 0.600. The number of benzene rings is 1. The van der Waals surface area contributed by atoms with Crippen molar-refractivity contribution in [1.29, 1.82) is 0 Å². The molecule has 0 radical (unpaired) electrons. The van der Waals surface area contributed by atoms with E-state index in [0.717, 1.165) is 12.0 Å². The summed E-state index contributed by atoms with van der Waals surface area (Å²) < 4.78 is 49.4. The van der Waals surface area contributed by atoms with E-state index in [4.69, 9.17) is 0 Å². The lowest BCUT2D eigenvalue weighted by Gasteiger charge is -2.22. The molecule has 0 saturated carbocycles. The monoisotopic (exact) mass is 345 g/mol. The van der Waals surface area contributed by atoms with E-state index >= 15 is 0 Å². The van der Waals surface area contributed by atoms with Crippen LogP contribution in [0.3, 0.4) is 0 Å². The van der Waals surface area contributed by atoms with Crippen molar-refractivity contribution in [3.63, 3.8) is 0 Å². The highest BCUT2D eigenvalue weighted by Gasteiger charge is 2.45. The summed E-state index contributed by atoms with van der Waals surface area (Å²) in [6.45, 7) is 5.75. The summed E-state index contributed by atoms with van der Waals surface area (Å²) in [4.78, 5) is 0.197. The van der Waals surface area contributed by atoms with Crippen molar-refractivity contribution in [2.75, 3.05) is 11.5 Å². The Bertz CT molecular complexity index is 721. The van der Waals surface area contributed by atoms with Crippen LogP contribution in [-0.2, 0) is 26.1 Å². The average Bonchev–Trinajstić information content (AvgIpc) is 2.73. The van der Waals surface area contributed by atoms with Crippen LogP contribution in [0, 0.1) is 0 Å². The molecule has 1 aromatic carbocycles. The summed E-state index contributed by atoms with van der Waals surface area (Å²) in [6.07, 6.45) is 0.829. The van der Waals surface area contributed by atoms with Crippen LogP contribution in [0.25, 0.3) is 0 Å². The van der Waals surface area contributed by atoms with Gasteiger partial charge >= 0.3 is 0 Å². The van der Waals surface area contributed by atoms with E-state index in [0.29, 0.717) is 0 Å². The van der Waals surface area contributed by atoms with Gasteiger partial charge in [-0.05, 0) is 24.1 Å². The van der Waals surface area contributed by atoms with E-state index in [1.807, 2.05) is 20.8 Å². The van der Waals surface area contributed by atoms with Gasteiger partial charge < -0.3 is 5.32 Å². The van der Waals surface area contributed by atoms with Gasteiger partial charge in [0.05, 0.1) is 21.7 Å². The highest BCUT2D eigenvalue weighted by Crippen LogP contribution is 2.26. The summed E-state index contributed by atoms with van der Waals surface area (Å²) in [5.41, 5.74) is 1.05. The molecule has 1 aliphatic heterocycles. The molecule has 5 nitrogen and oxygen atoms in total. The Morgan fingerprint density at radius 1 is 1.18 bits per heavy atom. The van der Waals surface area contributed by atoms with Crippen LogP contribution in [0.1, 0.15) is 26.3 Å². The lowest BCUT2D eigenvalue weighted by atomic mass is 10.2. The van der Waals surface area contributed by atoms with Gasteiger partial charge in [-0.25, -0.2) is 16.8 Å². The van der Waals surface area contributed by atoms with Gasteiger partial charge in [-0.15, -0.1) is 0 Å². The molecule has 1 heterocycles. The Labute approximate surface area is 133 Å². The van der Waals surface area contributed by atoms with Crippen LogP contribution in [0.4, 0.5) is 0 Å². The molecule has 2 rings (SSSR count). The van der Waals surface area contributed by atoms with Crippen LogP contribution in [0.2, 0.25) is 0 Å². The van der Waals surface area contributed by atoms with E-state index in [-0.39, 0.29) is 22.4 Å². The molecule has 0 bridgehead atoms. The maximum atomic E-state index is 12.8. The summed E-state index contributed by atoms with van der Waals surface area (Å²) >= 11 is 0. The first-order valence-corrected chi connectivity index (χ1v) is 10.8. The summed E-state index contributed by atoms with van der Waals surface area (Å²) in [6, 6.07) is 6.18. The minimum atomic E-state index is -3.67. The highest BCUT2D eigenvalue weighted by molar-refractivity contribution is 7.96. The first kappa shape index (κ1) is 17.4. The van der Waals surface area contributed by atoms with Crippen LogP contribution in [0.5, 0.6) is 0 Å². The molecular formula is C15H23NO4S2. The van der Waals surface area contributed by atoms with Gasteiger partial charge in [0.15, 0.2) is 19.7 Å². The highest BCUT2D eigenvalue weighted by atomic mass is 32.2. The van der Waals surface area contributed by atoms with Crippen molar-refractivity contribution >= 4 is 19.7 Å². The third kappa shape index (κ3) is 3.70. The Balaban J connectivity index is 2.36. The van der Waals surface area contributed by atoms with Crippen molar-refractivity contribution in [1.82, 2.24) is 5.32 Å². The van der Waals surface area contributed by atoms with Crippen molar-refractivity contribution in [3.05, 3.63) is 29.8 Å². The van der Waals surface area contributed by atoms with Gasteiger partial charge in [-0.2, -0.15) is 0 Å². The summed E-state index contributed by atoms with van der Waals surface area (Å²) in [5, 5.41) is 2.16. The zero-order chi connectivity index (χ0) is 16.5. The lowest BCUT2D eigenvalue weighted by molar-refractivity contribution is 0.484. The Morgan fingerprint density at radius 2 is 1.77 bits per heavy atom. The number of sulfone groups is 2. The topological polar surface area (TPSA) is 80.3 Å². The predicted molar refractivity (Wildman–Crippen MR) is 87.5 cm³/mol. The van der Waals surface area contributed by atoms with Gasteiger partial charge in [0.25, 0.3) is 0 Å². The van der Waals surface area contributed by atoms with Gasteiger partial charge in [0.2, 0.25) is 0 Å². The summed E-state index contributed by atoms with van der Waals surface area (Å²) in [7, 11) is -7.01. The van der Waals surface area contributed by atoms with E-state index in [2.05, 4.69) is 5.32 Å². The maximum Gasteiger partial charge on any atom is 0.183 e. The van der Waals surface area contributed by atoms with Gasteiger partial charge in [0, 0.05) is 12.1 Å². The van der Waals surface area contributed by atoms with Crippen molar-refractivity contribution < 1.29 is 16.8 Å². The Morgan fingerprint density at radius 3 is 2.27 bits per heavy atom. The molecule has 7 heteroatoms. The van der Waals surface area contributed by atoms with Gasteiger partial charge in [0.1, 0.15) is 0 Å².